The fourth-order valence-corrected chi connectivity index (χ4v) is 2.40. The molecule has 0 aliphatic rings. The Morgan fingerprint density at radius 2 is 1.81 bits per heavy atom. The van der Waals surface area contributed by atoms with Gasteiger partial charge in [0.25, 0.3) is 0 Å². The predicted octanol–water partition coefficient (Wildman–Crippen LogP) is 1.11. The van der Waals surface area contributed by atoms with Crippen molar-refractivity contribution in [2.24, 2.45) is 5.73 Å². The highest BCUT2D eigenvalue weighted by atomic mass is 32.2. The Hall–Kier alpha value is -1.07. The number of hydrogen-bond donors (Lipinski definition) is 1. The van der Waals surface area contributed by atoms with E-state index in [-0.39, 0.29) is 0 Å². The minimum absolute atomic E-state index is 0.429. The normalized spacial score (nSPS) is 11.4. The lowest BCUT2D eigenvalue weighted by atomic mass is 10.2. The van der Waals surface area contributed by atoms with E-state index in [1.807, 2.05) is 31.2 Å². The van der Waals surface area contributed by atoms with Crippen LogP contribution in [0.4, 0.5) is 5.69 Å². The molecule has 0 saturated heterocycles. The van der Waals surface area contributed by atoms with Crippen LogP contribution in [0.1, 0.15) is 12.0 Å². The molecule has 0 spiro atoms. The molecule has 0 heterocycles. The van der Waals surface area contributed by atoms with Crippen LogP contribution in [0.25, 0.3) is 0 Å². The summed E-state index contributed by atoms with van der Waals surface area (Å²) in [7, 11) is -3.23. The SMILES string of the molecule is Cc1ccc(N(CCCN)S(C)(=O)=O)cc1. The van der Waals surface area contributed by atoms with Crippen LogP contribution in [0.3, 0.4) is 0 Å². The van der Waals surface area contributed by atoms with Gasteiger partial charge in [0.2, 0.25) is 10.0 Å². The quantitative estimate of drug-likeness (QED) is 0.841. The van der Waals surface area contributed by atoms with Gasteiger partial charge in [-0.05, 0) is 32.0 Å². The third kappa shape index (κ3) is 3.50. The molecule has 90 valence electrons. The number of sulfonamides is 1. The molecule has 0 saturated carbocycles. The van der Waals surface area contributed by atoms with Crippen molar-refractivity contribution in [2.45, 2.75) is 13.3 Å². The van der Waals surface area contributed by atoms with Crippen molar-refractivity contribution in [3.05, 3.63) is 29.8 Å². The lowest BCUT2D eigenvalue weighted by Gasteiger charge is -2.22. The van der Waals surface area contributed by atoms with Crippen LogP contribution in [0.2, 0.25) is 0 Å². The van der Waals surface area contributed by atoms with Crippen LogP contribution in [0, 0.1) is 6.92 Å². The molecule has 16 heavy (non-hydrogen) atoms. The van der Waals surface area contributed by atoms with Gasteiger partial charge in [-0.1, -0.05) is 17.7 Å². The molecule has 2 N–H and O–H groups in total. The molecule has 0 fully saturated rings. The molecule has 1 rings (SSSR count). The van der Waals surface area contributed by atoms with Gasteiger partial charge in [-0.3, -0.25) is 4.31 Å². The number of benzene rings is 1. The maximum Gasteiger partial charge on any atom is 0.232 e. The molecule has 0 radical (unpaired) electrons. The zero-order valence-electron chi connectivity index (χ0n) is 9.68. The standard InChI is InChI=1S/C11H18N2O2S/c1-10-4-6-11(7-5-10)13(9-3-8-12)16(2,14)15/h4-7H,3,8-9,12H2,1-2H3. The first kappa shape index (κ1) is 13.0. The summed E-state index contributed by atoms with van der Waals surface area (Å²) in [6.45, 7) is 2.88. The van der Waals surface area contributed by atoms with Gasteiger partial charge in [-0.15, -0.1) is 0 Å². The van der Waals surface area contributed by atoms with E-state index in [1.54, 1.807) is 0 Å². The molecule has 1 aromatic rings. The van der Waals surface area contributed by atoms with Crippen molar-refractivity contribution in [3.8, 4) is 0 Å². The van der Waals surface area contributed by atoms with Crippen LogP contribution < -0.4 is 10.0 Å². The lowest BCUT2D eigenvalue weighted by molar-refractivity contribution is 0.595. The molecule has 0 aliphatic heterocycles. The van der Waals surface area contributed by atoms with E-state index in [4.69, 9.17) is 5.73 Å². The summed E-state index contributed by atoms with van der Waals surface area (Å²) in [6.07, 6.45) is 1.87. The van der Waals surface area contributed by atoms with Crippen LogP contribution in [0.15, 0.2) is 24.3 Å². The lowest BCUT2D eigenvalue weighted by Crippen LogP contribution is -2.31. The number of hydrogen-bond acceptors (Lipinski definition) is 3. The minimum atomic E-state index is -3.23. The van der Waals surface area contributed by atoms with E-state index in [0.717, 1.165) is 5.56 Å². The van der Waals surface area contributed by atoms with E-state index in [1.165, 1.54) is 10.6 Å². The number of aryl methyl sites for hydroxylation is 1. The highest BCUT2D eigenvalue weighted by Gasteiger charge is 2.16. The number of anilines is 1. The third-order valence-corrected chi connectivity index (χ3v) is 3.48. The van der Waals surface area contributed by atoms with Gasteiger partial charge in [0.05, 0.1) is 11.9 Å². The maximum atomic E-state index is 11.6. The number of nitrogens with two attached hydrogens (primary N) is 1. The fraction of sp³-hybridized carbons (Fsp3) is 0.455. The van der Waals surface area contributed by atoms with E-state index in [0.29, 0.717) is 25.2 Å². The Kier molecular flexibility index (Phi) is 4.32. The predicted molar refractivity (Wildman–Crippen MR) is 67.0 cm³/mol. The molecule has 0 aliphatic carbocycles. The Morgan fingerprint density at radius 1 is 1.25 bits per heavy atom. The summed E-state index contributed by atoms with van der Waals surface area (Å²) in [5, 5.41) is 0. The molecule has 0 bridgehead atoms. The first-order valence-electron chi connectivity index (χ1n) is 5.19. The van der Waals surface area contributed by atoms with E-state index in [9.17, 15) is 8.42 Å². The monoisotopic (exact) mass is 242 g/mol. The van der Waals surface area contributed by atoms with Crippen molar-refractivity contribution in [1.82, 2.24) is 0 Å². The van der Waals surface area contributed by atoms with Crippen LogP contribution in [-0.2, 0) is 10.0 Å². The van der Waals surface area contributed by atoms with E-state index < -0.39 is 10.0 Å². The first-order valence-corrected chi connectivity index (χ1v) is 7.04. The molecule has 0 aromatic heterocycles. The van der Waals surface area contributed by atoms with Crippen LogP contribution >= 0.6 is 0 Å². The second-order valence-corrected chi connectivity index (χ2v) is 5.72. The van der Waals surface area contributed by atoms with Crippen LogP contribution in [-0.4, -0.2) is 27.8 Å². The van der Waals surface area contributed by atoms with Gasteiger partial charge in [-0.2, -0.15) is 0 Å². The van der Waals surface area contributed by atoms with Gasteiger partial charge in [0, 0.05) is 6.54 Å². The molecule has 5 heteroatoms. The Bertz CT molecular complexity index is 426. The van der Waals surface area contributed by atoms with Crippen molar-refractivity contribution >= 4 is 15.7 Å². The molecule has 1 aromatic carbocycles. The van der Waals surface area contributed by atoms with Gasteiger partial charge >= 0.3 is 0 Å². The Morgan fingerprint density at radius 3 is 2.25 bits per heavy atom. The molecule has 0 atom stereocenters. The number of nitrogens with zero attached hydrogens (tertiary/aromatic N) is 1. The zero-order chi connectivity index (χ0) is 12.2. The fourth-order valence-electron chi connectivity index (χ4n) is 1.43. The van der Waals surface area contributed by atoms with Crippen molar-refractivity contribution in [2.75, 3.05) is 23.7 Å². The summed E-state index contributed by atoms with van der Waals surface area (Å²) in [5.41, 5.74) is 7.20. The minimum Gasteiger partial charge on any atom is -0.330 e. The molecular formula is C11H18N2O2S. The molecular weight excluding hydrogens is 224 g/mol. The highest BCUT2D eigenvalue weighted by molar-refractivity contribution is 7.92. The molecule has 4 nitrogen and oxygen atoms in total. The van der Waals surface area contributed by atoms with Crippen molar-refractivity contribution < 1.29 is 8.42 Å². The first-order chi connectivity index (χ1) is 7.45. The molecule has 0 unspecified atom stereocenters. The maximum absolute atomic E-state index is 11.6. The third-order valence-electron chi connectivity index (χ3n) is 2.29. The largest absolute Gasteiger partial charge is 0.330 e. The topological polar surface area (TPSA) is 63.4 Å². The van der Waals surface area contributed by atoms with Gasteiger partial charge < -0.3 is 5.73 Å². The zero-order valence-corrected chi connectivity index (χ0v) is 10.5. The Balaban J connectivity index is 2.97. The second kappa shape index (κ2) is 5.32. The summed E-state index contributed by atoms with van der Waals surface area (Å²) in [5.74, 6) is 0. The number of rotatable bonds is 5. The van der Waals surface area contributed by atoms with Crippen molar-refractivity contribution in [1.29, 1.82) is 0 Å². The summed E-state index contributed by atoms with van der Waals surface area (Å²) in [4.78, 5) is 0. The smallest absolute Gasteiger partial charge is 0.232 e. The van der Waals surface area contributed by atoms with Crippen LogP contribution in [0.5, 0.6) is 0 Å². The van der Waals surface area contributed by atoms with E-state index in [2.05, 4.69) is 0 Å². The summed E-state index contributed by atoms with van der Waals surface area (Å²) < 4.78 is 24.6. The Labute approximate surface area is 97.1 Å². The second-order valence-electron chi connectivity index (χ2n) is 3.81. The summed E-state index contributed by atoms with van der Waals surface area (Å²) in [6, 6.07) is 7.42. The highest BCUT2D eigenvalue weighted by Crippen LogP contribution is 2.18. The molecule has 0 amide bonds. The average Bonchev–Trinajstić information content (AvgIpc) is 2.19. The van der Waals surface area contributed by atoms with E-state index >= 15 is 0 Å². The van der Waals surface area contributed by atoms with Gasteiger partial charge in [0.1, 0.15) is 0 Å². The van der Waals surface area contributed by atoms with Gasteiger partial charge in [-0.25, -0.2) is 8.42 Å². The average molecular weight is 242 g/mol. The van der Waals surface area contributed by atoms with Gasteiger partial charge in [0.15, 0.2) is 0 Å². The summed E-state index contributed by atoms with van der Waals surface area (Å²) >= 11 is 0. The van der Waals surface area contributed by atoms with Crippen molar-refractivity contribution in [3.63, 3.8) is 0 Å².